The summed E-state index contributed by atoms with van der Waals surface area (Å²) in [6.45, 7) is 9.07. The summed E-state index contributed by atoms with van der Waals surface area (Å²) in [6, 6.07) is 15.0. The Kier molecular flexibility index (Phi) is 8.22. The average Bonchev–Trinajstić information content (AvgIpc) is 3.54. The lowest BCUT2D eigenvalue weighted by molar-refractivity contribution is -0.128. The summed E-state index contributed by atoms with van der Waals surface area (Å²) in [5.74, 6) is 1.26. The number of carbonyl (C=O) groups excluding carboxylic acids is 2. The Morgan fingerprint density at radius 2 is 1.70 bits per heavy atom. The van der Waals surface area contributed by atoms with Crippen LogP contribution in [0, 0.1) is 13.8 Å². The Morgan fingerprint density at radius 3 is 2.30 bits per heavy atom. The van der Waals surface area contributed by atoms with Crippen LogP contribution in [0.3, 0.4) is 0 Å². The van der Waals surface area contributed by atoms with E-state index in [1.54, 1.807) is 37.3 Å². The van der Waals surface area contributed by atoms with Gasteiger partial charge in [0.25, 0.3) is 11.8 Å². The third kappa shape index (κ3) is 6.48. The number of nitrogens with one attached hydrogen (secondary N) is 1. The van der Waals surface area contributed by atoms with Crippen LogP contribution in [-0.4, -0.2) is 51.8 Å². The van der Waals surface area contributed by atoms with Crippen LogP contribution in [0.25, 0.3) is 11.4 Å². The molecule has 0 aliphatic heterocycles. The molecule has 0 bridgehead atoms. The SMILES string of the molecule is COc1ccc(N(C(=O)Cn2nnc(-c3ccc(C)cc3)n2)C(C(=O)NC(C)(C)C)c2ccc(C)o2)cc1OC. The van der Waals surface area contributed by atoms with Gasteiger partial charge in [-0.05, 0) is 64.1 Å². The number of rotatable bonds is 9. The molecule has 0 aliphatic rings. The minimum atomic E-state index is -1.14. The summed E-state index contributed by atoms with van der Waals surface area (Å²) in [5.41, 5.74) is 1.70. The highest BCUT2D eigenvalue weighted by atomic mass is 16.5. The molecule has 1 unspecified atom stereocenters. The molecule has 0 fully saturated rings. The molecule has 0 saturated heterocycles. The highest BCUT2D eigenvalue weighted by molar-refractivity contribution is 6.01. The van der Waals surface area contributed by atoms with Gasteiger partial charge >= 0.3 is 0 Å². The number of benzene rings is 2. The molecule has 11 nitrogen and oxygen atoms in total. The standard InChI is InChI=1S/C29H34N6O5/c1-18-8-11-20(12-9-18)27-31-33-34(32-27)17-25(36)35(21-13-15-22(38-6)24(16-21)39-7)26(23-14-10-19(2)40-23)28(37)30-29(3,4)5/h8-16,26H,17H2,1-7H3,(H,30,37). The van der Waals surface area contributed by atoms with E-state index in [4.69, 9.17) is 13.9 Å². The number of hydrogen-bond donors (Lipinski definition) is 1. The third-order valence-corrected chi connectivity index (χ3v) is 5.99. The monoisotopic (exact) mass is 546 g/mol. The van der Waals surface area contributed by atoms with Crippen LogP contribution in [-0.2, 0) is 16.1 Å². The van der Waals surface area contributed by atoms with Crippen molar-refractivity contribution in [2.75, 3.05) is 19.1 Å². The number of tetrazole rings is 1. The number of aryl methyl sites for hydroxylation is 2. The molecular formula is C29H34N6O5. The lowest BCUT2D eigenvalue weighted by Gasteiger charge is -2.32. The minimum absolute atomic E-state index is 0.286. The topological polar surface area (TPSA) is 125 Å². The molecule has 2 aromatic heterocycles. The molecule has 0 aliphatic carbocycles. The summed E-state index contributed by atoms with van der Waals surface area (Å²) in [5, 5.41) is 15.6. The minimum Gasteiger partial charge on any atom is -0.493 e. The third-order valence-electron chi connectivity index (χ3n) is 5.99. The molecule has 0 radical (unpaired) electrons. The first-order valence-electron chi connectivity index (χ1n) is 12.8. The van der Waals surface area contributed by atoms with Crippen molar-refractivity contribution < 1.29 is 23.5 Å². The van der Waals surface area contributed by atoms with Gasteiger partial charge in [0.2, 0.25) is 5.82 Å². The van der Waals surface area contributed by atoms with Crippen molar-refractivity contribution >= 4 is 17.5 Å². The molecule has 0 saturated carbocycles. The predicted octanol–water partition coefficient (Wildman–Crippen LogP) is 4.26. The van der Waals surface area contributed by atoms with Gasteiger partial charge in [0.1, 0.15) is 18.1 Å². The van der Waals surface area contributed by atoms with Crippen LogP contribution in [0.4, 0.5) is 5.69 Å². The van der Waals surface area contributed by atoms with E-state index in [1.807, 2.05) is 52.0 Å². The Balaban J connectivity index is 1.77. The summed E-state index contributed by atoms with van der Waals surface area (Å²) in [6.07, 6.45) is 0. The maximum absolute atomic E-state index is 14.1. The number of ether oxygens (including phenoxy) is 2. The zero-order valence-corrected chi connectivity index (χ0v) is 23.8. The van der Waals surface area contributed by atoms with Crippen LogP contribution in [0.5, 0.6) is 11.5 Å². The number of anilines is 1. The Bertz CT molecular complexity index is 1490. The largest absolute Gasteiger partial charge is 0.493 e. The van der Waals surface area contributed by atoms with E-state index in [1.165, 1.54) is 23.9 Å². The molecule has 2 heterocycles. The van der Waals surface area contributed by atoms with Gasteiger partial charge in [-0.15, -0.1) is 10.2 Å². The number of aromatic nitrogens is 4. The van der Waals surface area contributed by atoms with E-state index < -0.39 is 23.4 Å². The van der Waals surface area contributed by atoms with Gasteiger partial charge in [0, 0.05) is 22.9 Å². The fourth-order valence-corrected chi connectivity index (χ4v) is 4.15. The lowest BCUT2D eigenvalue weighted by Crippen LogP contribution is -2.50. The number of nitrogens with zero attached hydrogens (tertiary/aromatic N) is 5. The fraction of sp³-hybridized carbons (Fsp3) is 0.345. The summed E-state index contributed by atoms with van der Waals surface area (Å²) in [4.78, 5) is 30.4. The molecule has 4 rings (SSSR count). The molecule has 4 aromatic rings. The van der Waals surface area contributed by atoms with Crippen molar-refractivity contribution in [1.82, 2.24) is 25.5 Å². The Morgan fingerprint density at radius 1 is 1.00 bits per heavy atom. The molecule has 0 spiro atoms. The number of methoxy groups -OCH3 is 2. The van der Waals surface area contributed by atoms with Gasteiger partial charge in [-0.1, -0.05) is 29.8 Å². The zero-order chi connectivity index (χ0) is 29.0. The van der Waals surface area contributed by atoms with Crippen molar-refractivity contribution in [2.45, 2.75) is 52.7 Å². The maximum atomic E-state index is 14.1. The van der Waals surface area contributed by atoms with Gasteiger partial charge in [-0.25, -0.2) is 0 Å². The highest BCUT2D eigenvalue weighted by Gasteiger charge is 2.37. The molecule has 1 N–H and O–H groups in total. The van der Waals surface area contributed by atoms with E-state index in [9.17, 15) is 9.59 Å². The quantitative estimate of drug-likeness (QED) is 0.330. The number of hydrogen-bond acceptors (Lipinski definition) is 8. The number of furan rings is 1. The first-order valence-corrected chi connectivity index (χ1v) is 12.8. The second kappa shape index (κ2) is 11.6. The molecule has 2 amide bonds. The van der Waals surface area contributed by atoms with Gasteiger partial charge in [-0.3, -0.25) is 14.5 Å². The van der Waals surface area contributed by atoms with E-state index in [2.05, 4.69) is 20.7 Å². The molecular weight excluding hydrogens is 512 g/mol. The molecule has 1 atom stereocenters. The first kappa shape index (κ1) is 28.3. The van der Waals surface area contributed by atoms with Crippen LogP contribution in [0.1, 0.15) is 43.9 Å². The molecule has 11 heteroatoms. The fourth-order valence-electron chi connectivity index (χ4n) is 4.15. The zero-order valence-electron chi connectivity index (χ0n) is 23.8. The molecule has 210 valence electrons. The van der Waals surface area contributed by atoms with E-state index in [-0.39, 0.29) is 6.54 Å². The highest BCUT2D eigenvalue weighted by Crippen LogP contribution is 2.36. The maximum Gasteiger partial charge on any atom is 0.251 e. The number of amides is 2. The van der Waals surface area contributed by atoms with Crippen LogP contribution >= 0.6 is 0 Å². The van der Waals surface area contributed by atoms with Gasteiger partial charge in [-0.2, -0.15) is 4.80 Å². The Labute approximate surface area is 233 Å². The average molecular weight is 547 g/mol. The van der Waals surface area contributed by atoms with Crippen LogP contribution < -0.4 is 19.7 Å². The molecule has 2 aromatic carbocycles. The van der Waals surface area contributed by atoms with E-state index in [0.29, 0.717) is 34.5 Å². The second-order valence-corrected chi connectivity index (χ2v) is 10.4. The lowest BCUT2D eigenvalue weighted by atomic mass is 10.1. The van der Waals surface area contributed by atoms with Crippen molar-refractivity contribution in [3.05, 3.63) is 71.7 Å². The van der Waals surface area contributed by atoms with Crippen molar-refractivity contribution in [2.24, 2.45) is 0 Å². The van der Waals surface area contributed by atoms with E-state index in [0.717, 1.165) is 11.1 Å². The summed E-state index contributed by atoms with van der Waals surface area (Å²) in [7, 11) is 3.02. The van der Waals surface area contributed by atoms with Crippen molar-refractivity contribution in [3.63, 3.8) is 0 Å². The number of carbonyl (C=O) groups is 2. The first-order chi connectivity index (χ1) is 19.0. The van der Waals surface area contributed by atoms with E-state index >= 15 is 0 Å². The van der Waals surface area contributed by atoms with Gasteiger partial charge < -0.3 is 19.2 Å². The van der Waals surface area contributed by atoms with Crippen molar-refractivity contribution in [3.8, 4) is 22.9 Å². The molecule has 40 heavy (non-hydrogen) atoms. The van der Waals surface area contributed by atoms with Gasteiger partial charge in [0.05, 0.1) is 14.2 Å². The smallest absolute Gasteiger partial charge is 0.251 e. The van der Waals surface area contributed by atoms with Gasteiger partial charge in [0.15, 0.2) is 17.5 Å². The normalized spacial score (nSPS) is 12.1. The van der Waals surface area contributed by atoms with Crippen molar-refractivity contribution in [1.29, 1.82) is 0 Å². The van der Waals surface area contributed by atoms with Crippen LogP contribution in [0.15, 0.2) is 59.0 Å². The van der Waals surface area contributed by atoms with Crippen LogP contribution in [0.2, 0.25) is 0 Å². The summed E-state index contributed by atoms with van der Waals surface area (Å²) >= 11 is 0. The summed E-state index contributed by atoms with van der Waals surface area (Å²) < 4.78 is 16.8. The Hall–Kier alpha value is -4.67. The second-order valence-electron chi connectivity index (χ2n) is 10.4. The predicted molar refractivity (Wildman–Crippen MR) is 149 cm³/mol.